The average Bonchev–Trinajstić information content (AvgIpc) is 2.58. The second-order valence-electron chi connectivity index (χ2n) is 6.91. The molecule has 1 aliphatic rings. The van der Waals surface area contributed by atoms with Crippen LogP contribution < -0.4 is 4.74 Å². The Morgan fingerprint density at radius 3 is 2.88 bits per heavy atom. The summed E-state index contributed by atoms with van der Waals surface area (Å²) in [4.78, 5) is 29.3. The van der Waals surface area contributed by atoms with Crippen molar-refractivity contribution in [3.05, 3.63) is 22.8 Å². The van der Waals surface area contributed by atoms with Crippen LogP contribution in [0.2, 0.25) is 5.02 Å². The van der Waals surface area contributed by atoms with E-state index in [4.69, 9.17) is 21.4 Å². The van der Waals surface area contributed by atoms with E-state index >= 15 is 0 Å². The number of piperidine rings is 1. The molecule has 138 valence electrons. The largest absolute Gasteiger partial charge is 0.481 e. The van der Waals surface area contributed by atoms with Gasteiger partial charge in [0.15, 0.2) is 0 Å². The molecule has 0 radical (unpaired) electrons. The van der Waals surface area contributed by atoms with Gasteiger partial charge in [0.2, 0.25) is 5.88 Å². The Morgan fingerprint density at radius 2 is 2.24 bits per heavy atom. The molecule has 1 aromatic heterocycles. The molecule has 0 saturated carbocycles. The summed E-state index contributed by atoms with van der Waals surface area (Å²) in [5.74, 6) is 0.00675. The summed E-state index contributed by atoms with van der Waals surface area (Å²) in [5, 5.41) is 9.14. The number of carbonyl (C=O) groups is 2. The third-order valence-electron chi connectivity index (χ3n) is 4.18. The molecule has 1 saturated heterocycles. The van der Waals surface area contributed by atoms with E-state index in [0.29, 0.717) is 48.5 Å². The first-order chi connectivity index (χ1) is 11.9. The molecule has 0 aromatic carbocycles. The highest BCUT2D eigenvalue weighted by atomic mass is 35.5. The average molecular weight is 369 g/mol. The minimum absolute atomic E-state index is 0.121. The number of pyridine rings is 1. The van der Waals surface area contributed by atoms with Crippen molar-refractivity contribution in [3.63, 3.8) is 0 Å². The minimum atomic E-state index is -0.795. The molecular weight excluding hydrogens is 344 g/mol. The van der Waals surface area contributed by atoms with Gasteiger partial charge >= 0.3 is 5.97 Å². The van der Waals surface area contributed by atoms with Crippen molar-refractivity contribution in [3.8, 4) is 5.88 Å². The van der Waals surface area contributed by atoms with Crippen molar-refractivity contribution in [2.45, 2.75) is 39.5 Å². The van der Waals surface area contributed by atoms with Gasteiger partial charge in [-0.3, -0.25) is 9.59 Å². The van der Waals surface area contributed by atoms with Gasteiger partial charge in [-0.05, 0) is 37.2 Å². The van der Waals surface area contributed by atoms with E-state index in [1.807, 2.05) is 13.8 Å². The molecule has 0 bridgehead atoms. The molecular formula is C18H25ClN2O4. The van der Waals surface area contributed by atoms with Crippen LogP contribution in [0.1, 0.15) is 49.9 Å². The van der Waals surface area contributed by atoms with Gasteiger partial charge in [0.1, 0.15) is 5.02 Å². The summed E-state index contributed by atoms with van der Waals surface area (Å²) in [6.07, 6.45) is 4.07. The molecule has 1 aliphatic heterocycles. The highest BCUT2D eigenvalue weighted by Crippen LogP contribution is 2.26. The number of aromatic nitrogens is 1. The zero-order valence-electron chi connectivity index (χ0n) is 14.7. The molecule has 7 heteroatoms. The van der Waals surface area contributed by atoms with Gasteiger partial charge in [-0.25, -0.2) is 4.98 Å². The number of carboxylic acids is 1. The Labute approximate surface area is 153 Å². The predicted molar refractivity (Wildman–Crippen MR) is 95.1 cm³/mol. The van der Waals surface area contributed by atoms with Gasteiger partial charge < -0.3 is 14.7 Å². The van der Waals surface area contributed by atoms with Crippen LogP contribution in [0.25, 0.3) is 0 Å². The van der Waals surface area contributed by atoms with Crippen LogP contribution in [0.4, 0.5) is 0 Å². The topological polar surface area (TPSA) is 79.7 Å². The van der Waals surface area contributed by atoms with E-state index in [9.17, 15) is 9.59 Å². The molecule has 1 amide bonds. The first kappa shape index (κ1) is 19.5. The number of hydrogen-bond donors (Lipinski definition) is 1. The van der Waals surface area contributed by atoms with Gasteiger partial charge in [0, 0.05) is 25.7 Å². The lowest BCUT2D eigenvalue weighted by Crippen LogP contribution is -2.40. The van der Waals surface area contributed by atoms with Gasteiger partial charge in [0.25, 0.3) is 5.91 Å². The van der Waals surface area contributed by atoms with Gasteiger partial charge in [-0.2, -0.15) is 0 Å². The van der Waals surface area contributed by atoms with Gasteiger partial charge in [-0.15, -0.1) is 0 Å². The zero-order chi connectivity index (χ0) is 18.4. The van der Waals surface area contributed by atoms with Crippen LogP contribution in [0.3, 0.4) is 0 Å². The molecule has 1 aromatic rings. The SMILES string of the molecule is CC(C)COc1ncc(C(=O)N2CCCC(CCC(=O)O)C2)cc1Cl. The van der Waals surface area contributed by atoms with Crippen LogP contribution in [-0.2, 0) is 4.79 Å². The number of ether oxygens (including phenoxy) is 1. The lowest BCUT2D eigenvalue weighted by Gasteiger charge is -2.32. The second-order valence-corrected chi connectivity index (χ2v) is 7.31. The van der Waals surface area contributed by atoms with Crippen LogP contribution in [0.15, 0.2) is 12.3 Å². The highest BCUT2D eigenvalue weighted by Gasteiger charge is 2.25. The minimum Gasteiger partial charge on any atom is -0.481 e. The summed E-state index contributed by atoms with van der Waals surface area (Å²) in [7, 11) is 0. The van der Waals surface area contributed by atoms with E-state index in [1.54, 1.807) is 11.0 Å². The number of amides is 1. The fraction of sp³-hybridized carbons (Fsp3) is 0.611. The van der Waals surface area contributed by atoms with Crippen molar-refractivity contribution in [2.24, 2.45) is 11.8 Å². The number of rotatable bonds is 7. The van der Waals surface area contributed by atoms with Crippen molar-refractivity contribution >= 4 is 23.5 Å². The highest BCUT2D eigenvalue weighted by molar-refractivity contribution is 6.32. The Balaban J connectivity index is 1.99. The van der Waals surface area contributed by atoms with Gasteiger partial charge in [-0.1, -0.05) is 25.4 Å². The summed E-state index contributed by atoms with van der Waals surface area (Å²) in [6, 6.07) is 1.59. The Kier molecular flexibility index (Phi) is 7.05. The molecule has 1 N–H and O–H groups in total. The lowest BCUT2D eigenvalue weighted by atomic mass is 9.93. The molecule has 6 nitrogen and oxygen atoms in total. The van der Waals surface area contributed by atoms with E-state index in [2.05, 4.69) is 4.98 Å². The first-order valence-electron chi connectivity index (χ1n) is 8.66. The lowest BCUT2D eigenvalue weighted by molar-refractivity contribution is -0.137. The maximum Gasteiger partial charge on any atom is 0.303 e. The first-order valence-corrected chi connectivity index (χ1v) is 9.04. The second kappa shape index (κ2) is 9.04. The third-order valence-corrected chi connectivity index (χ3v) is 4.45. The van der Waals surface area contributed by atoms with Crippen LogP contribution >= 0.6 is 11.6 Å². The number of hydrogen-bond acceptors (Lipinski definition) is 4. The number of nitrogens with zero attached hydrogens (tertiary/aromatic N) is 2. The van der Waals surface area contributed by atoms with Crippen molar-refractivity contribution in [2.75, 3.05) is 19.7 Å². The number of carboxylic acid groups (broad SMARTS) is 1. The van der Waals surface area contributed by atoms with Crippen molar-refractivity contribution < 1.29 is 19.4 Å². The summed E-state index contributed by atoms with van der Waals surface area (Å²) >= 11 is 6.19. The smallest absolute Gasteiger partial charge is 0.303 e. The molecule has 25 heavy (non-hydrogen) atoms. The van der Waals surface area contributed by atoms with E-state index in [-0.39, 0.29) is 18.2 Å². The molecule has 0 aliphatic carbocycles. The maximum absolute atomic E-state index is 12.7. The van der Waals surface area contributed by atoms with E-state index < -0.39 is 5.97 Å². The number of likely N-dealkylation sites (tertiary alicyclic amines) is 1. The molecule has 2 heterocycles. The van der Waals surface area contributed by atoms with Crippen molar-refractivity contribution in [1.82, 2.24) is 9.88 Å². The molecule has 1 unspecified atom stereocenters. The molecule has 1 fully saturated rings. The molecule has 0 spiro atoms. The quantitative estimate of drug-likeness (QED) is 0.796. The maximum atomic E-state index is 12.7. The summed E-state index contributed by atoms with van der Waals surface area (Å²) < 4.78 is 5.53. The van der Waals surface area contributed by atoms with Crippen molar-refractivity contribution in [1.29, 1.82) is 0 Å². The number of aliphatic carboxylic acids is 1. The number of halogens is 1. The predicted octanol–water partition coefficient (Wildman–Crippen LogP) is 3.49. The summed E-state index contributed by atoms with van der Waals surface area (Å²) in [6.45, 7) is 5.82. The van der Waals surface area contributed by atoms with E-state index in [1.165, 1.54) is 6.20 Å². The third kappa shape index (κ3) is 5.88. The molecule has 2 rings (SSSR count). The molecule has 1 atom stereocenters. The van der Waals surface area contributed by atoms with Crippen LogP contribution in [0.5, 0.6) is 5.88 Å². The van der Waals surface area contributed by atoms with E-state index in [0.717, 1.165) is 12.8 Å². The Hall–Kier alpha value is -1.82. The zero-order valence-corrected chi connectivity index (χ0v) is 15.5. The number of carbonyl (C=O) groups excluding carboxylic acids is 1. The monoisotopic (exact) mass is 368 g/mol. The fourth-order valence-corrected chi connectivity index (χ4v) is 3.11. The summed E-state index contributed by atoms with van der Waals surface area (Å²) in [5.41, 5.74) is 0.431. The van der Waals surface area contributed by atoms with Gasteiger partial charge in [0.05, 0.1) is 12.2 Å². The standard InChI is InChI=1S/C18H25ClN2O4/c1-12(2)11-25-17-15(19)8-14(9-20-17)18(24)21-7-3-4-13(10-21)5-6-16(22)23/h8-9,12-13H,3-7,10-11H2,1-2H3,(H,22,23). The Bertz CT molecular complexity index is 621. The van der Waals surface area contributed by atoms with Crippen LogP contribution in [0, 0.1) is 11.8 Å². The normalized spacial score (nSPS) is 17.6. The fourth-order valence-electron chi connectivity index (χ4n) is 2.89. The van der Waals surface area contributed by atoms with Crippen LogP contribution in [-0.4, -0.2) is 46.6 Å². The Morgan fingerprint density at radius 1 is 1.48 bits per heavy atom.